The number of hydrogen-bond donors (Lipinski definition) is 2. The van der Waals surface area contributed by atoms with Crippen molar-refractivity contribution in [3.63, 3.8) is 0 Å². The number of carbonyl (C=O) groups is 2. The summed E-state index contributed by atoms with van der Waals surface area (Å²) < 4.78 is 0. The van der Waals surface area contributed by atoms with Gasteiger partial charge in [-0.3, -0.25) is 9.59 Å². The van der Waals surface area contributed by atoms with Gasteiger partial charge in [-0.05, 0) is 49.9 Å². The van der Waals surface area contributed by atoms with Gasteiger partial charge in [0.1, 0.15) is 0 Å². The van der Waals surface area contributed by atoms with Gasteiger partial charge < -0.3 is 10.6 Å². The Morgan fingerprint density at radius 1 is 0.562 bits per heavy atom. The number of carbonyl (C=O) groups excluding carboxylic acids is 2. The first-order valence-electron chi connectivity index (χ1n) is 13.2. The van der Waals surface area contributed by atoms with Crippen molar-refractivity contribution >= 4 is 23.2 Å². The molecule has 1 aromatic carbocycles. The van der Waals surface area contributed by atoms with Crippen molar-refractivity contribution < 1.29 is 9.59 Å². The van der Waals surface area contributed by atoms with Crippen LogP contribution in [0.2, 0.25) is 0 Å². The van der Waals surface area contributed by atoms with Crippen molar-refractivity contribution in [3.8, 4) is 0 Å². The molecule has 2 amide bonds. The molecule has 0 fully saturated rings. The first kappa shape index (κ1) is 28.2. The van der Waals surface area contributed by atoms with Crippen molar-refractivity contribution in [1.29, 1.82) is 0 Å². The molecule has 0 unspecified atom stereocenters. The standard InChI is InChI=1S/C28H48N2O2/c1-5-7-9-11-13-15-17-19-27(31)29-25-21-23(3)24(4)22-26(25)30-28(32)20-18-16-14-12-10-8-6-2/h21-22H,5-20H2,1-4H3,(H,29,31)(H,30,32). The Hall–Kier alpha value is -1.84. The summed E-state index contributed by atoms with van der Waals surface area (Å²) in [6.07, 6.45) is 17.8. The predicted molar refractivity (Wildman–Crippen MR) is 138 cm³/mol. The van der Waals surface area contributed by atoms with Crippen LogP contribution in [0.5, 0.6) is 0 Å². The molecule has 0 aromatic heterocycles. The summed E-state index contributed by atoms with van der Waals surface area (Å²) >= 11 is 0. The number of nitrogens with one attached hydrogen (secondary N) is 2. The first-order chi connectivity index (χ1) is 15.5. The molecule has 0 aliphatic heterocycles. The van der Waals surface area contributed by atoms with Crippen LogP contribution in [0, 0.1) is 13.8 Å². The van der Waals surface area contributed by atoms with E-state index in [9.17, 15) is 9.59 Å². The Balaban J connectivity index is 2.45. The second-order valence-electron chi connectivity index (χ2n) is 9.32. The zero-order valence-electron chi connectivity index (χ0n) is 21.3. The number of benzene rings is 1. The fraction of sp³-hybridized carbons (Fsp3) is 0.714. The maximum atomic E-state index is 12.5. The normalized spacial score (nSPS) is 10.9. The molecular formula is C28H48N2O2. The molecule has 4 nitrogen and oxygen atoms in total. The lowest BCUT2D eigenvalue weighted by Gasteiger charge is -2.15. The molecule has 1 rings (SSSR count). The lowest BCUT2D eigenvalue weighted by atomic mass is 10.1. The van der Waals surface area contributed by atoms with Crippen molar-refractivity contribution in [3.05, 3.63) is 23.3 Å². The molecule has 182 valence electrons. The van der Waals surface area contributed by atoms with E-state index < -0.39 is 0 Å². The highest BCUT2D eigenvalue weighted by atomic mass is 16.2. The van der Waals surface area contributed by atoms with E-state index in [0.29, 0.717) is 24.2 Å². The van der Waals surface area contributed by atoms with Gasteiger partial charge in [-0.1, -0.05) is 90.9 Å². The summed E-state index contributed by atoms with van der Waals surface area (Å²) in [5.74, 6) is 0.0637. The summed E-state index contributed by atoms with van der Waals surface area (Å²) in [5, 5.41) is 6.07. The molecule has 0 atom stereocenters. The number of anilines is 2. The Morgan fingerprint density at radius 2 is 0.875 bits per heavy atom. The van der Waals surface area contributed by atoms with Gasteiger partial charge in [0.25, 0.3) is 0 Å². The maximum Gasteiger partial charge on any atom is 0.224 e. The molecule has 2 N–H and O–H groups in total. The van der Waals surface area contributed by atoms with Gasteiger partial charge in [0.15, 0.2) is 0 Å². The SMILES string of the molecule is CCCCCCCCCC(=O)Nc1cc(C)c(C)cc1NC(=O)CCCCCCCCC. The largest absolute Gasteiger partial charge is 0.324 e. The second kappa shape index (κ2) is 17.7. The van der Waals surface area contributed by atoms with E-state index in [1.54, 1.807) is 0 Å². The quantitative estimate of drug-likeness (QED) is 0.223. The van der Waals surface area contributed by atoms with Gasteiger partial charge in [0, 0.05) is 12.8 Å². The van der Waals surface area contributed by atoms with Gasteiger partial charge >= 0.3 is 0 Å². The van der Waals surface area contributed by atoms with Crippen LogP contribution in [0.4, 0.5) is 11.4 Å². The minimum Gasteiger partial charge on any atom is -0.324 e. The number of aryl methyl sites for hydroxylation is 2. The second-order valence-corrected chi connectivity index (χ2v) is 9.32. The van der Waals surface area contributed by atoms with Crippen molar-refractivity contribution in [1.82, 2.24) is 0 Å². The minimum atomic E-state index is 0.0318. The van der Waals surface area contributed by atoms with Crippen LogP contribution in [0.15, 0.2) is 12.1 Å². The average molecular weight is 445 g/mol. The third kappa shape index (κ3) is 12.9. The number of hydrogen-bond acceptors (Lipinski definition) is 2. The topological polar surface area (TPSA) is 58.2 Å². The molecule has 0 radical (unpaired) electrons. The van der Waals surface area contributed by atoms with Crippen LogP contribution in [0.25, 0.3) is 0 Å². The van der Waals surface area contributed by atoms with Crippen LogP contribution >= 0.6 is 0 Å². The lowest BCUT2D eigenvalue weighted by molar-refractivity contribution is -0.117. The summed E-state index contributed by atoms with van der Waals surface area (Å²) in [7, 11) is 0. The zero-order chi connectivity index (χ0) is 23.6. The molecule has 32 heavy (non-hydrogen) atoms. The van der Waals surface area contributed by atoms with Crippen LogP contribution < -0.4 is 10.6 Å². The highest BCUT2D eigenvalue weighted by molar-refractivity contribution is 5.99. The van der Waals surface area contributed by atoms with E-state index in [4.69, 9.17) is 0 Å². The van der Waals surface area contributed by atoms with E-state index in [2.05, 4.69) is 24.5 Å². The third-order valence-electron chi connectivity index (χ3n) is 6.20. The summed E-state index contributed by atoms with van der Waals surface area (Å²) in [4.78, 5) is 25.0. The van der Waals surface area contributed by atoms with Gasteiger partial charge in [-0.25, -0.2) is 0 Å². The Kier molecular flexibility index (Phi) is 15.6. The predicted octanol–water partition coefficient (Wildman–Crippen LogP) is 8.46. The van der Waals surface area contributed by atoms with Crippen LogP contribution in [0.3, 0.4) is 0 Å². The van der Waals surface area contributed by atoms with Gasteiger partial charge in [-0.2, -0.15) is 0 Å². The van der Waals surface area contributed by atoms with Crippen molar-refractivity contribution in [2.24, 2.45) is 0 Å². The molecule has 0 saturated carbocycles. The van der Waals surface area contributed by atoms with Gasteiger partial charge in [0.05, 0.1) is 11.4 Å². The van der Waals surface area contributed by atoms with Crippen LogP contribution in [0.1, 0.15) is 128 Å². The van der Waals surface area contributed by atoms with Crippen molar-refractivity contribution in [2.45, 2.75) is 130 Å². The molecule has 0 spiro atoms. The Morgan fingerprint density at radius 3 is 1.22 bits per heavy atom. The highest BCUT2D eigenvalue weighted by Crippen LogP contribution is 2.27. The maximum absolute atomic E-state index is 12.5. The van der Waals surface area contributed by atoms with E-state index in [-0.39, 0.29) is 11.8 Å². The molecule has 4 heteroatoms. The molecule has 0 aliphatic rings. The van der Waals surface area contributed by atoms with Crippen LogP contribution in [-0.4, -0.2) is 11.8 Å². The molecule has 0 bridgehead atoms. The number of unbranched alkanes of at least 4 members (excludes halogenated alkanes) is 12. The fourth-order valence-electron chi connectivity index (χ4n) is 3.93. The molecule has 0 aliphatic carbocycles. The Bertz CT molecular complexity index is 613. The highest BCUT2D eigenvalue weighted by Gasteiger charge is 2.12. The monoisotopic (exact) mass is 444 g/mol. The van der Waals surface area contributed by atoms with E-state index in [1.165, 1.54) is 64.2 Å². The zero-order valence-corrected chi connectivity index (χ0v) is 21.3. The van der Waals surface area contributed by atoms with E-state index in [1.807, 2.05) is 26.0 Å². The summed E-state index contributed by atoms with van der Waals surface area (Å²) in [5.41, 5.74) is 3.66. The van der Waals surface area contributed by atoms with Gasteiger partial charge in [-0.15, -0.1) is 0 Å². The average Bonchev–Trinajstić information content (AvgIpc) is 2.76. The molecule has 0 heterocycles. The number of rotatable bonds is 18. The molecule has 1 aromatic rings. The smallest absolute Gasteiger partial charge is 0.224 e. The summed E-state index contributed by atoms with van der Waals surface area (Å²) in [6.45, 7) is 8.52. The fourth-order valence-corrected chi connectivity index (χ4v) is 3.93. The third-order valence-corrected chi connectivity index (χ3v) is 6.20. The first-order valence-corrected chi connectivity index (χ1v) is 13.2. The summed E-state index contributed by atoms with van der Waals surface area (Å²) in [6, 6.07) is 3.95. The lowest BCUT2D eigenvalue weighted by Crippen LogP contribution is -2.17. The van der Waals surface area contributed by atoms with E-state index >= 15 is 0 Å². The Labute approximate surface area is 197 Å². The van der Waals surface area contributed by atoms with Gasteiger partial charge in [0.2, 0.25) is 11.8 Å². The number of amides is 2. The molecule has 0 saturated heterocycles. The van der Waals surface area contributed by atoms with E-state index in [0.717, 1.165) is 36.8 Å². The van der Waals surface area contributed by atoms with Crippen LogP contribution in [-0.2, 0) is 9.59 Å². The minimum absolute atomic E-state index is 0.0318. The van der Waals surface area contributed by atoms with Crippen molar-refractivity contribution in [2.75, 3.05) is 10.6 Å². The molecular weight excluding hydrogens is 396 g/mol.